The molecule has 0 atom stereocenters. The van der Waals surface area contributed by atoms with Gasteiger partial charge in [0.1, 0.15) is 12.5 Å². The molecule has 12 heavy (non-hydrogen) atoms. The first-order valence-corrected chi connectivity index (χ1v) is 3.60. The third kappa shape index (κ3) is 1.04. The molecule has 1 aromatic rings. The van der Waals surface area contributed by atoms with Crippen molar-refractivity contribution >= 4 is 0 Å². The van der Waals surface area contributed by atoms with E-state index in [4.69, 9.17) is 9.47 Å². The number of hydrogen-bond donors (Lipinski definition) is 1. The van der Waals surface area contributed by atoms with Gasteiger partial charge in [0.25, 0.3) is 0 Å². The second-order valence-electron chi connectivity index (χ2n) is 2.46. The fraction of sp³-hybridized carbons (Fsp3) is 0.111. The summed E-state index contributed by atoms with van der Waals surface area (Å²) in [7, 11) is 0. The minimum Gasteiger partial charge on any atom is -0.431 e. The van der Waals surface area contributed by atoms with Gasteiger partial charge in [-0.25, -0.2) is 0 Å². The van der Waals surface area contributed by atoms with Crippen LogP contribution in [0.15, 0.2) is 42.9 Å². The van der Waals surface area contributed by atoms with Crippen LogP contribution in [0.3, 0.4) is 0 Å². The molecule has 3 heteroatoms. The van der Waals surface area contributed by atoms with Crippen LogP contribution in [0.25, 0.3) is 0 Å². The monoisotopic (exact) mass is 164 g/mol. The smallest absolute Gasteiger partial charge is 0.398 e. The molecule has 0 fully saturated rings. The summed E-state index contributed by atoms with van der Waals surface area (Å²) in [6.07, 6.45) is 2.62. The topological polar surface area (TPSA) is 38.7 Å². The van der Waals surface area contributed by atoms with Gasteiger partial charge in [-0.2, -0.15) is 0 Å². The van der Waals surface area contributed by atoms with E-state index in [1.165, 1.54) is 12.5 Å². The number of rotatable bonds is 1. The second-order valence-corrected chi connectivity index (χ2v) is 2.46. The average molecular weight is 164 g/mol. The molecule has 0 amide bonds. The van der Waals surface area contributed by atoms with E-state index in [0.717, 1.165) is 0 Å². The molecule has 0 spiro atoms. The Morgan fingerprint density at radius 2 is 1.58 bits per heavy atom. The van der Waals surface area contributed by atoms with Crippen molar-refractivity contribution in [3.8, 4) is 0 Å². The van der Waals surface area contributed by atoms with Gasteiger partial charge in [0.05, 0.1) is 5.56 Å². The molecule has 0 saturated heterocycles. The zero-order valence-corrected chi connectivity index (χ0v) is 6.31. The van der Waals surface area contributed by atoms with Gasteiger partial charge in [0.15, 0.2) is 0 Å². The van der Waals surface area contributed by atoms with Crippen molar-refractivity contribution in [3.05, 3.63) is 48.4 Å². The number of ether oxygens (including phenoxy) is 2. The zero-order valence-electron chi connectivity index (χ0n) is 6.31. The molecule has 62 valence electrons. The van der Waals surface area contributed by atoms with Gasteiger partial charge in [-0.1, -0.05) is 18.2 Å². The summed E-state index contributed by atoms with van der Waals surface area (Å²) in [5.41, 5.74) is 0.579. The molecule has 1 aromatic carbocycles. The molecule has 3 nitrogen and oxygen atoms in total. The molecular formula is C9H8O3. The van der Waals surface area contributed by atoms with Crippen molar-refractivity contribution in [2.24, 2.45) is 0 Å². The van der Waals surface area contributed by atoms with E-state index in [1.54, 1.807) is 24.3 Å². The highest BCUT2D eigenvalue weighted by Crippen LogP contribution is 2.28. The molecule has 0 unspecified atom stereocenters. The lowest BCUT2D eigenvalue weighted by Gasteiger charge is -2.20. The second kappa shape index (κ2) is 2.53. The maximum Gasteiger partial charge on any atom is 0.398 e. The Morgan fingerprint density at radius 3 is 2.17 bits per heavy atom. The van der Waals surface area contributed by atoms with Gasteiger partial charge in [-0.15, -0.1) is 0 Å². The first kappa shape index (κ1) is 7.18. The summed E-state index contributed by atoms with van der Waals surface area (Å²) >= 11 is 0. The molecule has 0 radical (unpaired) electrons. The molecular weight excluding hydrogens is 156 g/mol. The highest BCUT2D eigenvalue weighted by Gasteiger charge is 2.35. The van der Waals surface area contributed by atoms with E-state index in [2.05, 4.69) is 0 Å². The Hall–Kier alpha value is -1.48. The molecule has 0 aromatic heterocycles. The van der Waals surface area contributed by atoms with Crippen LogP contribution >= 0.6 is 0 Å². The minimum atomic E-state index is -1.62. The molecule has 1 aliphatic rings. The maximum absolute atomic E-state index is 9.66. The van der Waals surface area contributed by atoms with Crippen molar-refractivity contribution in [3.63, 3.8) is 0 Å². The van der Waals surface area contributed by atoms with Gasteiger partial charge in [0, 0.05) is 0 Å². The number of aliphatic hydroxyl groups is 1. The van der Waals surface area contributed by atoms with E-state index in [0.29, 0.717) is 5.56 Å². The van der Waals surface area contributed by atoms with Crippen LogP contribution in [0.2, 0.25) is 0 Å². The van der Waals surface area contributed by atoms with Gasteiger partial charge in [-0.05, 0) is 12.1 Å². The predicted molar refractivity (Wildman–Crippen MR) is 41.6 cm³/mol. The van der Waals surface area contributed by atoms with Crippen molar-refractivity contribution in [1.82, 2.24) is 0 Å². The lowest BCUT2D eigenvalue weighted by Crippen LogP contribution is -2.25. The van der Waals surface area contributed by atoms with Crippen LogP contribution in [0.4, 0.5) is 0 Å². The lowest BCUT2D eigenvalue weighted by molar-refractivity contribution is -0.306. The third-order valence-corrected chi connectivity index (χ3v) is 1.65. The summed E-state index contributed by atoms with van der Waals surface area (Å²) in [4.78, 5) is 0. The standard InChI is InChI=1S/C9H8O3/c10-9(11-6-7-12-9)8-4-2-1-3-5-8/h1-7,10H. The van der Waals surface area contributed by atoms with Gasteiger partial charge in [0.2, 0.25) is 0 Å². The first-order chi connectivity index (χ1) is 5.81. The van der Waals surface area contributed by atoms with Gasteiger partial charge < -0.3 is 14.6 Å². The van der Waals surface area contributed by atoms with E-state index in [9.17, 15) is 5.11 Å². The molecule has 2 rings (SSSR count). The van der Waals surface area contributed by atoms with Crippen molar-refractivity contribution in [1.29, 1.82) is 0 Å². The fourth-order valence-corrected chi connectivity index (χ4v) is 1.05. The van der Waals surface area contributed by atoms with Crippen LogP contribution < -0.4 is 0 Å². The Morgan fingerprint density at radius 1 is 1.00 bits per heavy atom. The normalized spacial score (nSPS) is 18.4. The zero-order chi connectivity index (χ0) is 8.44. The first-order valence-electron chi connectivity index (χ1n) is 3.60. The molecule has 1 heterocycles. The highest BCUT2D eigenvalue weighted by atomic mass is 16.8. The van der Waals surface area contributed by atoms with Gasteiger partial charge >= 0.3 is 5.97 Å². The largest absolute Gasteiger partial charge is 0.431 e. The van der Waals surface area contributed by atoms with Crippen LogP contribution in [0.5, 0.6) is 0 Å². The summed E-state index contributed by atoms with van der Waals surface area (Å²) in [6.45, 7) is 0. The lowest BCUT2D eigenvalue weighted by atomic mass is 10.2. The van der Waals surface area contributed by atoms with Crippen molar-refractivity contribution < 1.29 is 14.6 Å². The predicted octanol–water partition coefficient (Wildman–Crippen LogP) is 1.31. The Kier molecular flexibility index (Phi) is 1.52. The number of benzene rings is 1. The van der Waals surface area contributed by atoms with E-state index in [-0.39, 0.29) is 0 Å². The van der Waals surface area contributed by atoms with E-state index < -0.39 is 5.97 Å². The SMILES string of the molecule is OC1(c2ccccc2)OC=CO1. The van der Waals surface area contributed by atoms with Crippen molar-refractivity contribution in [2.75, 3.05) is 0 Å². The maximum atomic E-state index is 9.66. The quantitative estimate of drug-likeness (QED) is 0.680. The third-order valence-electron chi connectivity index (χ3n) is 1.65. The molecule has 1 aliphatic heterocycles. The molecule has 0 saturated carbocycles. The van der Waals surface area contributed by atoms with E-state index in [1.807, 2.05) is 6.07 Å². The highest BCUT2D eigenvalue weighted by molar-refractivity contribution is 5.19. The molecule has 0 bridgehead atoms. The fourth-order valence-electron chi connectivity index (χ4n) is 1.05. The van der Waals surface area contributed by atoms with Crippen molar-refractivity contribution in [2.45, 2.75) is 5.97 Å². The summed E-state index contributed by atoms with van der Waals surface area (Å²) in [6, 6.07) is 8.92. The minimum absolute atomic E-state index is 0.579. The summed E-state index contributed by atoms with van der Waals surface area (Å²) in [5, 5.41) is 9.66. The average Bonchev–Trinajstić information content (AvgIpc) is 2.55. The molecule has 0 aliphatic carbocycles. The van der Waals surface area contributed by atoms with Crippen LogP contribution in [-0.2, 0) is 15.4 Å². The van der Waals surface area contributed by atoms with Crippen LogP contribution in [0.1, 0.15) is 5.56 Å². The Bertz CT molecular complexity index is 284. The number of hydrogen-bond acceptors (Lipinski definition) is 3. The summed E-state index contributed by atoms with van der Waals surface area (Å²) in [5.74, 6) is -1.62. The van der Waals surface area contributed by atoms with Gasteiger partial charge in [-0.3, -0.25) is 0 Å². The Balaban J connectivity index is 2.31. The summed E-state index contributed by atoms with van der Waals surface area (Å²) < 4.78 is 9.76. The van der Waals surface area contributed by atoms with E-state index >= 15 is 0 Å². The molecule has 1 N–H and O–H groups in total. The van der Waals surface area contributed by atoms with Crippen LogP contribution in [-0.4, -0.2) is 5.11 Å². The van der Waals surface area contributed by atoms with Crippen LogP contribution in [0, 0.1) is 0 Å². The Labute approximate surface area is 69.9 Å².